The van der Waals surface area contributed by atoms with Crippen molar-refractivity contribution in [2.24, 2.45) is 11.3 Å². The molecule has 1 aromatic heterocycles. The van der Waals surface area contributed by atoms with Crippen molar-refractivity contribution < 1.29 is 41.8 Å². The van der Waals surface area contributed by atoms with Gasteiger partial charge >= 0.3 is 6.09 Å². The highest BCUT2D eigenvalue weighted by Crippen LogP contribution is 2.46. The number of allylic oxidation sites excluding steroid dienone is 2. The SMILES string of the molecule is COc1cc2ccnc3c2cc1/C=C/CCC(C)(C)COC(=O)N[C@H]1CCCCC/C=C\[C@@H]2C[C@@]2(C(=O)NS(=O)(=O)C2CC2)NC(=O)[C@@H]2C[C@H](CN2C1=O)O3. The van der Waals surface area contributed by atoms with Crippen LogP contribution in [0.15, 0.2) is 42.6 Å². The Bertz CT molecular complexity index is 2010. The van der Waals surface area contributed by atoms with E-state index in [0.717, 1.165) is 35.6 Å². The fourth-order valence-electron chi connectivity index (χ4n) is 7.80. The molecule has 0 radical (unpaired) electrons. The van der Waals surface area contributed by atoms with Crippen LogP contribution in [0.2, 0.25) is 0 Å². The van der Waals surface area contributed by atoms with Crippen LogP contribution in [0.1, 0.15) is 90.0 Å². The van der Waals surface area contributed by atoms with Crippen molar-refractivity contribution in [2.75, 3.05) is 20.3 Å². The van der Waals surface area contributed by atoms with Gasteiger partial charge in [-0.1, -0.05) is 51.0 Å². The number of cyclic esters (lactones) is 1. The molecule has 3 fully saturated rings. The maximum Gasteiger partial charge on any atom is 0.407 e. The molecule has 2 aliphatic carbocycles. The van der Waals surface area contributed by atoms with Crippen molar-refractivity contribution in [1.82, 2.24) is 25.2 Å². The number of nitrogens with zero attached hydrogens (tertiary/aromatic N) is 2. The first-order valence-electron chi connectivity index (χ1n) is 19.4. The minimum absolute atomic E-state index is 0.00323. The Labute approximate surface area is 321 Å². The average Bonchev–Trinajstić information content (AvgIpc) is 4.07. The van der Waals surface area contributed by atoms with Crippen molar-refractivity contribution in [3.05, 3.63) is 48.2 Å². The van der Waals surface area contributed by atoms with Gasteiger partial charge in [0.05, 0.1) is 25.5 Å². The van der Waals surface area contributed by atoms with E-state index in [4.69, 9.17) is 14.2 Å². The summed E-state index contributed by atoms with van der Waals surface area (Å²) in [4.78, 5) is 62.0. The first-order valence-corrected chi connectivity index (χ1v) is 20.9. The zero-order chi connectivity index (χ0) is 39.0. The average molecular weight is 778 g/mol. The number of aromatic nitrogens is 1. The van der Waals surface area contributed by atoms with Crippen LogP contribution in [0, 0.1) is 11.3 Å². The number of benzene rings is 1. The molecular weight excluding hydrogens is 727 g/mol. The summed E-state index contributed by atoms with van der Waals surface area (Å²) in [5, 5.41) is 6.62. The summed E-state index contributed by atoms with van der Waals surface area (Å²) < 4.78 is 45.9. The molecule has 5 atom stereocenters. The number of hydrogen-bond acceptors (Lipinski definition) is 10. The Kier molecular flexibility index (Phi) is 10.9. The van der Waals surface area contributed by atoms with Crippen molar-refractivity contribution in [1.29, 1.82) is 0 Å². The molecule has 5 bridgehead atoms. The molecule has 4 heterocycles. The molecule has 0 spiro atoms. The third-order valence-corrected chi connectivity index (χ3v) is 13.2. The predicted octanol–water partition coefficient (Wildman–Crippen LogP) is 4.52. The number of hydrogen-bond donors (Lipinski definition) is 3. The molecule has 0 unspecified atom stereocenters. The predicted molar refractivity (Wildman–Crippen MR) is 204 cm³/mol. The van der Waals surface area contributed by atoms with Crippen molar-refractivity contribution >= 4 is 50.7 Å². The lowest BCUT2D eigenvalue weighted by atomic mass is 9.88. The number of carbonyl (C=O) groups excluding carboxylic acids is 4. The van der Waals surface area contributed by atoms with Crippen molar-refractivity contribution in [2.45, 2.75) is 113 Å². The molecule has 4 amide bonds. The molecular formula is C40H51N5O9S. The molecule has 14 nitrogen and oxygen atoms in total. The molecule has 296 valence electrons. The van der Waals surface area contributed by atoms with E-state index in [9.17, 15) is 27.6 Å². The molecule has 2 aromatic rings. The maximum atomic E-state index is 14.6. The smallest absolute Gasteiger partial charge is 0.407 e. The summed E-state index contributed by atoms with van der Waals surface area (Å²) >= 11 is 0. The zero-order valence-electron chi connectivity index (χ0n) is 31.7. The third-order valence-electron chi connectivity index (χ3n) is 11.4. The minimum atomic E-state index is -3.89. The Hall–Kier alpha value is -4.66. The second-order valence-corrected chi connectivity index (χ2v) is 18.3. The summed E-state index contributed by atoms with van der Waals surface area (Å²) in [6, 6.07) is 3.62. The van der Waals surface area contributed by atoms with Gasteiger partial charge in [-0.25, -0.2) is 18.2 Å². The molecule has 1 saturated heterocycles. The van der Waals surface area contributed by atoms with Crippen LogP contribution < -0.4 is 24.8 Å². The topological polar surface area (TPSA) is 182 Å². The van der Waals surface area contributed by atoms with Crippen LogP contribution in [0.25, 0.3) is 16.8 Å². The third kappa shape index (κ3) is 8.61. The number of alkyl carbamates (subject to hydrolysis) is 1. The number of fused-ring (bicyclic) bond motifs is 4. The van der Waals surface area contributed by atoms with Gasteiger partial charge in [-0.15, -0.1) is 0 Å². The molecule has 7 rings (SSSR count). The molecule has 3 aliphatic heterocycles. The molecule has 15 heteroatoms. The van der Waals surface area contributed by atoms with Gasteiger partial charge in [-0.05, 0) is 80.4 Å². The van der Waals surface area contributed by atoms with E-state index in [1.54, 1.807) is 13.3 Å². The number of pyridine rings is 1. The molecule has 3 N–H and O–H groups in total. The number of amides is 4. The van der Waals surface area contributed by atoms with Crippen LogP contribution >= 0.6 is 0 Å². The number of sulfonamides is 1. The van der Waals surface area contributed by atoms with Gasteiger partial charge in [0.2, 0.25) is 27.7 Å². The molecule has 5 aliphatic rings. The summed E-state index contributed by atoms with van der Waals surface area (Å²) in [6.07, 6.45) is 14.0. The summed E-state index contributed by atoms with van der Waals surface area (Å²) in [6.45, 7) is 4.15. The van der Waals surface area contributed by atoms with Gasteiger partial charge in [0.15, 0.2) is 0 Å². The summed E-state index contributed by atoms with van der Waals surface area (Å²) in [5.41, 5.74) is -1.05. The Balaban J connectivity index is 1.25. The molecule has 55 heavy (non-hydrogen) atoms. The molecule has 2 saturated carbocycles. The van der Waals surface area contributed by atoms with E-state index in [0.29, 0.717) is 50.2 Å². The highest BCUT2D eigenvalue weighted by atomic mass is 32.2. The standard InChI is InChI=1S/C40H51N5O9S/c1-39(2)17-10-9-11-26-19-30-25(20-33(26)52-3)16-18-41-35(30)54-28-21-32-34(46)43-40(37(48)44-55(50,51)29-14-15-29)22-27(40)12-7-5-4-6-8-13-31(36(47)45(32)23-28)42-38(49)53-24-39/h7,9,11-12,16,18-20,27-29,31-32H,4-6,8,10,13-15,17,21-24H2,1-3H3,(H,42,49)(H,43,46)(H,44,48)/b11-9+,12-7-/t27-,28-,31+,32+,40-/m1/s1. The Morgan fingerprint density at radius 1 is 1.07 bits per heavy atom. The van der Waals surface area contributed by atoms with Crippen LogP contribution in [-0.4, -0.2) is 91.4 Å². The second-order valence-electron chi connectivity index (χ2n) is 16.3. The minimum Gasteiger partial charge on any atom is -0.496 e. The molecule has 1 aromatic carbocycles. The van der Waals surface area contributed by atoms with Crippen LogP contribution in [-0.2, 0) is 29.1 Å². The summed E-state index contributed by atoms with van der Waals surface area (Å²) in [5.74, 6) is -1.30. The first kappa shape index (κ1) is 38.6. The van der Waals surface area contributed by atoms with Crippen molar-refractivity contribution in [3.8, 4) is 11.6 Å². The van der Waals surface area contributed by atoms with E-state index >= 15 is 0 Å². The Morgan fingerprint density at radius 2 is 1.89 bits per heavy atom. The number of methoxy groups -OCH3 is 1. The summed E-state index contributed by atoms with van der Waals surface area (Å²) in [7, 11) is -2.28. The second kappa shape index (κ2) is 15.5. The monoisotopic (exact) mass is 777 g/mol. The van der Waals surface area contributed by atoms with E-state index in [1.807, 2.05) is 50.3 Å². The lowest BCUT2D eigenvalue weighted by Gasteiger charge is -2.30. The fourth-order valence-corrected chi connectivity index (χ4v) is 9.16. The van der Waals surface area contributed by atoms with E-state index in [-0.39, 0.29) is 31.4 Å². The highest BCUT2D eigenvalue weighted by molar-refractivity contribution is 7.91. The largest absolute Gasteiger partial charge is 0.496 e. The fraction of sp³-hybridized carbons (Fsp3) is 0.575. The quantitative estimate of drug-likeness (QED) is 0.374. The van der Waals surface area contributed by atoms with E-state index < -0.39 is 68.7 Å². The lowest BCUT2D eigenvalue weighted by Crippen LogP contribution is -2.58. The first-order chi connectivity index (χ1) is 26.3. The maximum absolute atomic E-state index is 14.6. The number of carbonyl (C=O) groups is 4. The van der Waals surface area contributed by atoms with Gasteiger partial charge in [-0.2, -0.15) is 0 Å². The Morgan fingerprint density at radius 3 is 2.67 bits per heavy atom. The zero-order valence-corrected chi connectivity index (χ0v) is 32.5. The number of ether oxygens (including phenoxy) is 3. The normalized spacial score (nSPS) is 30.1. The highest BCUT2D eigenvalue weighted by Gasteiger charge is 2.62. The van der Waals surface area contributed by atoms with Crippen LogP contribution in [0.5, 0.6) is 11.6 Å². The van der Waals surface area contributed by atoms with Gasteiger partial charge in [0.1, 0.15) is 29.5 Å². The van der Waals surface area contributed by atoms with E-state index in [1.165, 1.54) is 4.90 Å². The van der Waals surface area contributed by atoms with Gasteiger partial charge in [0.25, 0.3) is 5.91 Å². The van der Waals surface area contributed by atoms with Gasteiger partial charge in [0, 0.05) is 29.5 Å². The van der Waals surface area contributed by atoms with E-state index in [2.05, 4.69) is 26.4 Å². The van der Waals surface area contributed by atoms with Gasteiger partial charge < -0.3 is 29.7 Å². The number of nitrogens with one attached hydrogen (secondary N) is 3. The van der Waals surface area contributed by atoms with Crippen LogP contribution in [0.4, 0.5) is 4.79 Å². The lowest BCUT2D eigenvalue weighted by molar-refractivity contribution is -0.141. The van der Waals surface area contributed by atoms with Crippen molar-refractivity contribution in [3.63, 3.8) is 0 Å². The van der Waals surface area contributed by atoms with Crippen LogP contribution in [0.3, 0.4) is 0 Å². The number of rotatable bonds is 4. The van der Waals surface area contributed by atoms with Gasteiger partial charge in [-0.3, -0.25) is 19.1 Å².